The Labute approximate surface area is 170 Å². The predicted octanol–water partition coefficient (Wildman–Crippen LogP) is 2.44. The monoisotopic (exact) mass is 399 g/mol. The molecule has 1 amide bonds. The molecule has 1 atom stereocenters. The number of carbonyl (C=O) groups excluding carboxylic acids is 1. The molecule has 3 heterocycles. The summed E-state index contributed by atoms with van der Waals surface area (Å²) in [6.07, 6.45) is 9.68. The highest BCUT2D eigenvalue weighted by atomic mass is 16.4. The van der Waals surface area contributed by atoms with Crippen molar-refractivity contribution >= 4 is 5.91 Å². The number of aromatic nitrogens is 3. The number of hydrogen-bond acceptors (Lipinski definition) is 6. The van der Waals surface area contributed by atoms with Gasteiger partial charge < -0.3 is 19.6 Å². The first-order valence-corrected chi connectivity index (χ1v) is 10.7. The van der Waals surface area contributed by atoms with Crippen LogP contribution in [-0.4, -0.2) is 33.8 Å². The number of hydrogen-bond donors (Lipinski definition) is 2. The highest BCUT2D eigenvalue weighted by Gasteiger charge is 2.23. The summed E-state index contributed by atoms with van der Waals surface area (Å²) in [5, 5.41) is 14.3. The van der Waals surface area contributed by atoms with Crippen molar-refractivity contribution in [2.45, 2.75) is 70.4 Å². The number of nitrogens with one attached hydrogen (secondary N) is 2. The molecule has 4 rings (SSSR count). The fourth-order valence-electron chi connectivity index (χ4n) is 4.51. The maximum atomic E-state index is 12.7. The molecule has 2 fully saturated rings. The quantitative estimate of drug-likeness (QED) is 0.801. The Bertz CT molecular complexity index is 907. The number of aryl methyl sites for hydroxylation is 1. The minimum absolute atomic E-state index is 0.0706. The summed E-state index contributed by atoms with van der Waals surface area (Å²) >= 11 is 0. The van der Waals surface area contributed by atoms with E-state index >= 15 is 0 Å². The first-order chi connectivity index (χ1) is 14.1. The third-order valence-electron chi connectivity index (χ3n) is 6.12. The SMILES string of the molecule is Cc1cc(C2CCCNC2)oc(=O)c1C(=O)NCc1nncn1C1CCCCC1. The van der Waals surface area contributed by atoms with Crippen LogP contribution in [0, 0.1) is 6.92 Å². The van der Waals surface area contributed by atoms with E-state index in [-0.39, 0.29) is 18.0 Å². The standard InChI is InChI=1S/C21H29N5O3/c1-14-10-17(15-6-5-9-22-11-15)29-21(28)19(14)20(27)23-12-18-25-24-13-26(18)16-7-3-2-4-8-16/h10,13,15-16,22H,2-9,11-12H2,1H3,(H,23,27). The topological polar surface area (TPSA) is 102 Å². The number of piperidine rings is 1. The molecular weight excluding hydrogens is 370 g/mol. The molecule has 1 aliphatic heterocycles. The molecule has 0 radical (unpaired) electrons. The predicted molar refractivity (Wildman–Crippen MR) is 108 cm³/mol. The van der Waals surface area contributed by atoms with Crippen molar-refractivity contribution in [2.24, 2.45) is 0 Å². The lowest BCUT2D eigenvalue weighted by molar-refractivity contribution is 0.0943. The minimum atomic E-state index is -0.572. The van der Waals surface area contributed by atoms with Crippen LogP contribution in [0.25, 0.3) is 0 Å². The summed E-state index contributed by atoms with van der Waals surface area (Å²) in [6, 6.07) is 2.22. The van der Waals surface area contributed by atoms with Gasteiger partial charge >= 0.3 is 5.63 Å². The van der Waals surface area contributed by atoms with Gasteiger partial charge in [0.25, 0.3) is 5.91 Å². The average molecular weight is 399 g/mol. The molecule has 8 nitrogen and oxygen atoms in total. The third kappa shape index (κ3) is 4.42. The Kier molecular flexibility index (Phi) is 6.08. The summed E-state index contributed by atoms with van der Waals surface area (Å²) in [6.45, 7) is 3.81. The lowest BCUT2D eigenvalue weighted by atomic mass is 9.95. The second kappa shape index (κ2) is 8.90. The third-order valence-corrected chi connectivity index (χ3v) is 6.12. The van der Waals surface area contributed by atoms with E-state index in [9.17, 15) is 9.59 Å². The molecule has 2 N–H and O–H groups in total. The maximum absolute atomic E-state index is 12.7. The Morgan fingerprint density at radius 3 is 2.83 bits per heavy atom. The van der Waals surface area contributed by atoms with Gasteiger partial charge in [-0.1, -0.05) is 19.3 Å². The summed E-state index contributed by atoms with van der Waals surface area (Å²) in [5.41, 5.74) is 0.145. The Balaban J connectivity index is 1.45. The fraction of sp³-hybridized carbons (Fsp3) is 0.619. The van der Waals surface area contributed by atoms with Gasteiger partial charge in [0, 0.05) is 18.5 Å². The molecule has 1 saturated carbocycles. The van der Waals surface area contributed by atoms with E-state index in [0.29, 0.717) is 17.4 Å². The van der Waals surface area contributed by atoms with E-state index in [2.05, 4.69) is 25.4 Å². The van der Waals surface area contributed by atoms with Crippen LogP contribution < -0.4 is 16.3 Å². The summed E-state index contributed by atoms with van der Waals surface area (Å²) in [4.78, 5) is 25.3. The normalized spacial score (nSPS) is 20.5. The van der Waals surface area contributed by atoms with Crippen molar-refractivity contribution in [3.63, 3.8) is 0 Å². The zero-order valence-corrected chi connectivity index (χ0v) is 16.9. The van der Waals surface area contributed by atoms with E-state index in [1.54, 1.807) is 13.3 Å². The molecule has 29 heavy (non-hydrogen) atoms. The highest BCUT2D eigenvalue weighted by molar-refractivity contribution is 5.95. The second-order valence-corrected chi connectivity index (χ2v) is 8.17. The van der Waals surface area contributed by atoms with Gasteiger partial charge in [0.1, 0.15) is 17.7 Å². The van der Waals surface area contributed by atoms with Crippen LogP contribution >= 0.6 is 0 Å². The molecule has 1 unspecified atom stereocenters. The van der Waals surface area contributed by atoms with Gasteiger partial charge in [0.2, 0.25) is 0 Å². The Hall–Kier alpha value is -2.48. The number of nitrogens with zero attached hydrogens (tertiary/aromatic N) is 3. The van der Waals surface area contributed by atoms with Gasteiger partial charge in [-0.2, -0.15) is 0 Å². The lowest BCUT2D eigenvalue weighted by Crippen LogP contribution is -2.32. The smallest absolute Gasteiger partial charge is 0.349 e. The lowest BCUT2D eigenvalue weighted by Gasteiger charge is -2.24. The highest BCUT2D eigenvalue weighted by Crippen LogP contribution is 2.28. The van der Waals surface area contributed by atoms with Gasteiger partial charge in [-0.15, -0.1) is 10.2 Å². The van der Waals surface area contributed by atoms with Gasteiger partial charge in [0.15, 0.2) is 5.82 Å². The maximum Gasteiger partial charge on any atom is 0.349 e. The van der Waals surface area contributed by atoms with Crippen LogP contribution in [0.15, 0.2) is 21.6 Å². The first-order valence-electron chi connectivity index (χ1n) is 10.7. The molecule has 1 aliphatic carbocycles. The second-order valence-electron chi connectivity index (χ2n) is 8.17. The van der Waals surface area contributed by atoms with Gasteiger partial charge in [-0.25, -0.2) is 4.79 Å². The molecule has 0 bridgehead atoms. The Morgan fingerprint density at radius 2 is 2.10 bits per heavy atom. The van der Waals surface area contributed by atoms with E-state index < -0.39 is 11.5 Å². The number of rotatable bonds is 5. The van der Waals surface area contributed by atoms with Crippen LogP contribution in [0.5, 0.6) is 0 Å². The molecule has 0 aromatic carbocycles. The molecule has 2 aromatic rings. The van der Waals surface area contributed by atoms with Gasteiger partial charge in [0.05, 0.1) is 6.54 Å². The van der Waals surface area contributed by atoms with Crippen molar-refractivity contribution in [1.82, 2.24) is 25.4 Å². The van der Waals surface area contributed by atoms with Crippen molar-refractivity contribution in [2.75, 3.05) is 13.1 Å². The zero-order chi connectivity index (χ0) is 20.2. The van der Waals surface area contributed by atoms with Crippen LogP contribution in [0.3, 0.4) is 0 Å². The zero-order valence-electron chi connectivity index (χ0n) is 16.9. The fourth-order valence-corrected chi connectivity index (χ4v) is 4.51. The molecule has 2 aliphatic rings. The van der Waals surface area contributed by atoms with E-state index in [1.165, 1.54) is 19.3 Å². The van der Waals surface area contributed by atoms with Crippen molar-refractivity contribution in [1.29, 1.82) is 0 Å². The largest absolute Gasteiger partial charge is 0.427 e. The molecular formula is C21H29N5O3. The van der Waals surface area contributed by atoms with Crippen LogP contribution in [0.2, 0.25) is 0 Å². The molecule has 2 aromatic heterocycles. The minimum Gasteiger partial charge on any atom is -0.427 e. The number of carbonyl (C=O) groups is 1. The van der Waals surface area contributed by atoms with Crippen molar-refractivity contribution in [3.8, 4) is 0 Å². The molecule has 1 saturated heterocycles. The first kappa shape index (κ1) is 19.8. The van der Waals surface area contributed by atoms with E-state index in [1.807, 2.05) is 6.07 Å². The van der Waals surface area contributed by atoms with Gasteiger partial charge in [-0.3, -0.25) is 4.79 Å². The van der Waals surface area contributed by atoms with E-state index in [4.69, 9.17) is 4.42 Å². The molecule has 8 heteroatoms. The average Bonchev–Trinajstić information content (AvgIpc) is 3.21. The van der Waals surface area contributed by atoms with Crippen LogP contribution in [-0.2, 0) is 6.54 Å². The van der Waals surface area contributed by atoms with Crippen LogP contribution in [0.4, 0.5) is 0 Å². The summed E-state index contributed by atoms with van der Waals surface area (Å²) in [5.74, 6) is 1.13. The van der Waals surface area contributed by atoms with Crippen molar-refractivity contribution in [3.05, 3.63) is 45.5 Å². The summed E-state index contributed by atoms with van der Waals surface area (Å²) < 4.78 is 7.58. The number of amides is 1. The summed E-state index contributed by atoms with van der Waals surface area (Å²) in [7, 11) is 0. The molecule has 0 spiro atoms. The Morgan fingerprint density at radius 1 is 1.28 bits per heavy atom. The van der Waals surface area contributed by atoms with Crippen LogP contribution in [0.1, 0.15) is 84.4 Å². The van der Waals surface area contributed by atoms with E-state index in [0.717, 1.165) is 44.6 Å². The van der Waals surface area contributed by atoms with Crippen molar-refractivity contribution < 1.29 is 9.21 Å². The van der Waals surface area contributed by atoms with Gasteiger partial charge in [-0.05, 0) is 50.8 Å². The molecule has 156 valence electrons.